The fourth-order valence-corrected chi connectivity index (χ4v) is 6.11. The zero-order valence-corrected chi connectivity index (χ0v) is 18.1. The number of halogens is 1. The van der Waals surface area contributed by atoms with Crippen LogP contribution in [-0.2, 0) is 10.0 Å². The number of nitrogens with zero attached hydrogens (tertiary/aromatic N) is 2. The molecule has 0 spiro atoms. The lowest BCUT2D eigenvalue weighted by atomic mass is 10.0. The quantitative estimate of drug-likeness (QED) is 0.574. The van der Waals surface area contributed by atoms with Gasteiger partial charge in [-0.05, 0) is 49.1 Å². The summed E-state index contributed by atoms with van der Waals surface area (Å²) in [4.78, 5) is 17.1. The van der Waals surface area contributed by atoms with E-state index in [-0.39, 0.29) is 23.0 Å². The molecule has 1 aromatic heterocycles. The molecule has 0 aliphatic carbocycles. The highest BCUT2D eigenvalue weighted by atomic mass is 32.2. The molecule has 1 N–H and O–H groups in total. The molecule has 3 aromatic rings. The first kappa shape index (κ1) is 20.9. The minimum Gasteiger partial charge on any atom is -0.354 e. The van der Waals surface area contributed by atoms with Crippen molar-refractivity contribution in [3.8, 4) is 0 Å². The summed E-state index contributed by atoms with van der Waals surface area (Å²) in [6.45, 7) is 3.02. The van der Waals surface area contributed by atoms with Crippen LogP contribution in [0.2, 0.25) is 0 Å². The van der Waals surface area contributed by atoms with Crippen LogP contribution in [0.25, 0.3) is 10.2 Å². The summed E-state index contributed by atoms with van der Waals surface area (Å²) < 4.78 is 41.5. The molecule has 0 bridgehead atoms. The molecule has 1 aliphatic heterocycles. The van der Waals surface area contributed by atoms with Gasteiger partial charge in [-0.25, -0.2) is 17.8 Å². The number of rotatable bonds is 6. The fraction of sp³-hybridized carbons (Fsp3) is 0.333. The van der Waals surface area contributed by atoms with Crippen LogP contribution in [0.5, 0.6) is 0 Å². The molecule has 2 heterocycles. The Bertz CT molecular complexity index is 1190. The van der Waals surface area contributed by atoms with Crippen LogP contribution in [0, 0.1) is 11.7 Å². The average Bonchev–Trinajstić information content (AvgIpc) is 3.14. The second-order valence-electron chi connectivity index (χ2n) is 7.55. The second-order valence-corrected chi connectivity index (χ2v) is 10.5. The molecule has 0 amide bonds. The number of piperidine rings is 1. The van der Waals surface area contributed by atoms with Gasteiger partial charge in [-0.1, -0.05) is 30.4 Å². The Balaban J connectivity index is 1.48. The highest BCUT2D eigenvalue weighted by molar-refractivity contribution is 7.89. The lowest BCUT2D eigenvalue weighted by Gasteiger charge is -2.30. The van der Waals surface area contributed by atoms with Crippen molar-refractivity contribution in [1.82, 2.24) is 9.29 Å². The Morgan fingerprint density at radius 1 is 1.30 bits per heavy atom. The highest BCUT2D eigenvalue weighted by Crippen LogP contribution is 2.27. The summed E-state index contributed by atoms with van der Waals surface area (Å²) >= 11 is 1.26. The van der Waals surface area contributed by atoms with Gasteiger partial charge < -0.3 is 5.32 Å². The zero-order chi connectivity index (χ0) is 21.3. The third-order valence-corrected chi connectivity index (χ3v) is 8.00. The average molecular weight is 448 g/mol. The van der Waals surface area contributed by atoms with E-state index in [1.165, 1.54) is 39.9 Å². The topological polar surface area (TPSA) is 79.4 Å². The van der Waals surface area contributed by atoms with E-state index in [2.05, 4.69) is 10.3 Å². The van der Waals surface area contributed by atoms with Crippen molar-refractivity contribution in [3.63, 3.8) is 0 Å². The van der Waals surface area contributed by atoms with Gasteiger partial charge in [0, 0.05) is 18.7 Å². The first-order chi connectivity index (χ1) is 14.3. The molecule has 1 unspecified atom stereocenters. The summed E-state index contributed by atoms with van der Waals surface area (Å²) in [6.07, 6.45) is 1.86. The van der Waals surface area contributed by atoms with Crippen molar-refractivity contribution in [3.05, 3.63) is 53.8 Å². The number of thiazole rings is 1. The summed E-state index contributed by atoms with van der Waals surface area (Å²) in [5.74, 6) is -0.260. The maximum Gasteiger partial charge on any atom is 0.243 e. The van der Waals surface area contributed by atoms with E-state index >= 15 is 0 Å². The van der Waals surface area contributed by atoms with E-state index in [4.69, 9.17) is 0 Å². The third-order valence-electron chi connectivity index (χ3n) is 5.16. The van der Waals surface area contributed by atoms with E-state index < -0.39 is 10.0 Å². The van der Waals surface area contributed by atoms with Gasteiger partial charge in [-0.15, -0.1) is 0 Å². The van der Waals surface area contributed by atoms with Crippen molar-refractivity contribution < 1.29 is 17.6 Å². The van der Waals surface area contributed by atoms with Crippen molar-refractivity contribution in [2.45, 2.75) is 24.7 Å². The number of fused-ring (bicyclic) bond motifs is 1. The minimum absolute atomic E-state index is 0.0352. The number of hydrogen-bond donors (Lipinski definition) is 1. The molecule has 1 fully saturated rings. The first-order valence-corrected chi connectivity index (χ1v) is 12.0. The maximum absolute atomic E-state index is 13.3. The number of nitrogens with one attached hydrogen (secondary N) is 1. The number of anilines is 1. The Morgan fingerprint density at radius 2 is 2.13 bits per heavy atom. The van der Waals surface area contributed by atoms with E-state index in [0.717, 1.165) is 12.8 Å². The zero-order valence-electron chi connectivity index (χ0n) is 16.5. The van der Waals surface area contributed by atoms with Crippen molar-refractivity contribution in [1.29, 1.82) is 0 Å². The van der Waals surface area contributed by atoms with Gasteiger partial charge in [0.1, 0.15) is 5.82 Å². The van der Waals surface area contributed by atoms with Crippen LogP contribution < -0.4 is 5.32 Å². The predicted molar refractivity (Wildman–Crippen MR) is 116 cm³/mol. The Kier molecular flexibility index (Phi) is 5.86. The Hall–Kier alpha value is -2.36. The number of Topliss-reactive ketones (excluding diaryl/α,β-unsaturated/α-hetero) is 1. The molecule has 30 heavy (non-hydrogen) atoms. The largest absolute Gasteiger partial charge is 0.354 e. The number of benzene rings is 2. The third kappa shape index (κ3) is 4.38. The molecular formula is C21H22FN3O3S2. The lowest BCUT2D eigenvalue weighted by Crippen LogP contribution is -2.39. The number of aromatic nitrogens is 1. The van der Waals surface area contributed by atoms with Crippen molar-refractivity contribution >= 4 is 42.5 Å². The number of carbonyl (C=O) groups is 1. The van der Waals surface area contributed by atoms with E-state index in [0.29, 0.717) is 39.9 Å². The van der Waals surface area contributed by atoms with E-state index in [9.17, 15) is 17.6 Å². The summed E-state index contributed by atoms with van der Waals surface area (Å²) in [7, 11) is -3.62. The van der Waals surface area contributed by atoms with Crippen LogP contribution in [0.1, 0.15) is 30.1 Å². The molecule has 0 radical (unpaired) electrons. The van der Waals surface area contributed by atoms with Gasteiger partial charge in [-0.2, -0.15) is 4.31 Å². The Labute approximate surface area is 178 Å². The van der Waals surface area contributed by atoms with Gasteiger partial charge in [-0.3, -0.25) is 4.79 Å². The monoisotopic (exact) mass is 447 g/mol. The maximum atomic E-state index is 13.3. The van der Waals surface area contributed by atoms with Crippen LogP contribution in [0.3, 0.4) is 0 Å². The van der Waals surface area contributed by atoms with Gasteiger partial charge in [0.2, 0.25) is 10.0 Å². The lowest BCUT2D eigenvalue weighted by molar-refractivity contribution is 0.101. The number of sulfonamides is 1. The molecule has 9 heteroatoms. The van der Waals surface area contributed by atoms with Crippen molar-refractivity contribution in [2.24, 2.45) is 5.92 Å². The molecule has 1 saturated heterocycles. The molecule has 4 rings (SSSR count). The molecular weight excluding hydrogens is 425 g/mol. The van der Waals surface area contributed by atoms with Gasteiger partial charge in [0.15, 0.2) is 10.9 Å². The summed E-state index contributed by atoms with van der Waals surface area (Å²) in [5.41, 5.74) is 0.973. The van der Waals surface area contributed by atoms with E-state index in [1.54, 1.807) is 18.2 Å². The van der Waals surface area contributed by atoms with Crippen molar-refractivity contribution in [2.75, 3.05) is 25.0 Å². The number of carbonyl (C=O) groups excluding carboxylic acids is 1. The normalized spacial score (nSPS) is 17.9. The molecule has 158 valence electrons. The first-order valence-electron chi connectivity index (χ1n) is 9.76. The minimum atomic E-state index is -3.62. The Morgan fingerprint density at radius 3 is 2.93 bits per heavy atom. The molecule has 2 aromatic carbocycles. The highest BCUT2D eigenvalue weighted by Gasteiger charge is 2.29. The number of hydrogen-bond acceptors (Lipinski definition) is 6. The van der Waals surface area contributed by atoms with Crippen LogP contribution >= 0.6 is 11.3 Å². The standard InChI is InChI=1S/C21H22FN3O3S2/c1-14-4-3-9-25(13-14)30(27,28)17-6-2-5-15(10-17)19(26)12-23-21-24-18-8-7-16(22)11-20(18)29-21/h2,5-8,10-11,14H,3-4,9,12-13H2,1H3,(H,23,24). The molecule has 1 aliphatic rings. The predicted octanol–water partition coefficient (Wildman–Crippen LogP) is 4.15. The van der Waals surface area contributed by atoms with Gasteiger partial charge in [0.05, 0.1) is 21.7 Å². The summed E-state index contributed by atoms with van der Waals surface area (Å²) in [6, 6.07) is 10.5. The van der Waals surface area contributed by atoms with Crippen LogP contribution in [-0.4, -0.2) is 43.1 Å². The summed E-state index contributed by atoms with van der Waals surface area (Å²) in [5, 5.41) is 3.46. The van der Waals surface area contributed by atoms with Gasteiger partial charge >= 0.3 is 0 Å². The SMILES string of the molecule is CC1CCCN(S(=O)(=O)c2cccc(C(=O)CNc3nc4ccc(F)cc4s3)c2)C1. The molecule has 0 saturated carbocycles. The van der Waals surface area contributed by atoms with E-state index in [1.807, 2.05) is 6.92 Å². The smallest absolute Gasteiger partial charge is 0.243 e. The second kappa shape index (κ2) is 8.41. The van der Waals surface area contributed by atoms with Gasteiger partial charge in [0.25, 0.3) is 0 Å². The molecule has 6 nitrogen and oxygen atoms in total. The molecule has 1 atom stereocenters. The fourth-order valence-electron chi connectivity index (χ4n) is 3.58. The van der Waals surface area contributed by atoms with Crippen LogP contribution in [0.15, 0.2) is 47.4 Å². The number of ketones is 1. The van der Waals surface area contributed by atoms with Crippen LogP contribution in [0.4, 0.5) is 9.52 Å².